The van der Waals surface area contributed by atoms with Crippen LogP contribution in [0.25, 0.3) is 11.0 Å². The largest absolute Gasteiger partial charge is 0.485 e. The number of para-hydroxylation sites is 3. The summed E-state index contributed by atoms with van der Waals surface area (Å²) in [6.45, 7) is 6.95. The number of nitrogens with zero attached hydrogens (tertiary/aromatic N) is 2. The van der Waals surface area contributed by atoms with Crippen molar-refractivity contribution >= 4 is 11.0 Å². The van der Waals surface area contributed by atoms with Gasteiger partial charge in [-0.25, -0.2) is 4.98 Å². The third kappa shape index (κ3) is 3.77. The Hall–Kier alpha value is -2.33. The molecule has 0 saturated heterocycles. The first-order valence-corrected chi connectivity index (χ1v) is 8.50. The number of imidazole rings is 1. The summed E-state index contributed by atoms with van der Waals surface area (Å²) in [6, 6.07) is 16.3. The molecular formula is C20H24N2O2. The van der Waals surface area contributed by atoms with Crippen molar-refractivity contribution < 1.29 is 9.47 Å². The third-order valence-electron chi connectivity index (χ3n) is 4.06. The van der Waals surface area contributed by atoms with Gasteiger partial charge in [-0.3, -0.25) is 0 Å². The van der Waals surface area contributed by atoms with Crippen LogP contribution in [0.5, 0.6) is 5.75 Å². The first kappa shape index (κ1) is 16.5. The standard InChI is InChI=1S/C20H24N2O2/c1-3-23-14-8-13-22-18-11-6-5-10-17(18)21-20(22)15-24-19-12-7-4-9-16(19)2/h4-7,9-12H,3,8,13-15H2,1-2H3. The van der Waals surface area contributed by atoms with E-state index in [1.807, 2.05) is 37.3 Å². The summed E-state index contributed by atoms with van der Waals surface area (Å²) in [6.07, 6.45) is 0.964. The Morgan fingerprint density at radius 3 is 2.67 bits per heavy atom. The Balaban J connectivity index is 1.79. The van der Waals surface area contributed by atoms with Crippen molar-refractivity contribution in [2.24, 2.45) is 0 Å². The Morgan fingerprint density at radius 1 is 1.04 bits per heavy atom. The molecule has 4 heteroatoms. The van der Waals surface area contributed by atoms with Gasteiger partial charge in [0.2, 0.25) is 0 Å². The summed E-state index contributed by atoms with van der Waals surface area (Å²) in [4.78, 5) is 4.75. The van der Waals surface area contributed by atoms with E-state index in [-0.39, 0.29) is 0 Å². The summed E-state index contributed by atoms with van der Waals surface area (Å²) in [5.74, 6) is 1.86. The number of aryl methyl sites for hydroxylation is 2. The molecule has 0 unspecified atom stereocenters. The molecule has 24 heavy (non-hydrogen) atoms. The molecule has 0 saturated carbocycles. The highest BCUT2D eigenvalue weighted by Gasteiger charge is 2.11. The first-order chi connectivity index (χ1) is 11.8. The monoisotopic (exact) mass is 324 g/mol. The van der Waals surface area contributed by atoms with E-state index in [0.29, 0.717) is 6.61 Å². The quantitative estimate of drug-likeness (QED) is 0.578. The number of aromatic nitrogens is 2. The van der Waals surface area contributed by atoms with Crippen molar-refractivity contribution in [2.45, 2.75) is 33.4 Å². The van der Waals surface area contributed by atoms with Gasteiger partial charge in [-0.1, -0.05) is 30.3 Å². The number of hydrogen-bond donors (Lipinski definition) is 0. The first-order valence-electron chi connectivity index (χ1n) is 8.50. The van der Waals surface area contributed by atoms with E-state index >= 15 is 0 Å². The molecule has 3 aromatic rings. The lowest BCUT2D eigenvalue weighted by Crippen LogP contribution is -2.09. The van der Waals surface area contributed by atoms with Crippen LogP contribution in [0.3, 0.4) is 0 Å². The average Bonchev–Trinajstić information content (AvgIpc) is 2.96. The van der Waals surface area contributed by atoms with E-state index < -0.39 is 0 Å². The predicted octanol–water partition coefficient (Wildman–Crippen LogP) is 4.35. The summed E-state index contributed by atoms with van der Waals surface area (Å²) in [7, 11) is 0. The van der Waals surface area contributed by atoms with Gasteiger partial charge in [-0.05, 0) is 44.0 Å². The molecule has 0 bridgehead atoms. The summed E-state index contributed by atoms with van der Waals surface area (Å²) in [5, 5.41) is 0. The van der Waals surface area contributed by atoms with Gasteiger partial charge in [0.25, 0.3) is 0 Å². The fourth-order valence-electron chi connectivity index (χ4n) is 2.81. The third-order valence-corrected chi connectivity index (χ3v) is 4.06. The molecule has 1 heterocycles. The molecule has 0 atom stereocenters. The lowest BCUT2D eigenvalue weighted by Gasteiger charge is -2.11. The molecule has 0 spiro atoms. The van der Waals surface area contributed by atoms with Crippen LogP contribution in [0.2, 0.25) is 0 Å². The Kier molecular flexibility index (Phi) is 5.49. The van der Waals surface area contributed by atoms with Gasteiger partial charge in [0.05, 0.1) is 11.0 Å². The van der Waals surface area contributed by atoms with Crippen LogP contribution in [0.15, 0.2) is 48.5 Å². The molecule has 2 aromatic carbocycles. The van der Waals surface area contributed by atoms with E-state index in [9.17, 15) is 0 Å². The fraction of sp³-hybridized carbons (Fsp3) is 0.350. The fourth-order valence-corrected chi connectivity index (χ4v) is 2.81. The maximum Gasteiger partial charge on any atom is 0.147 e. The van der Waals surface area contributed by atoms with Crippen molar-refractivity contribution in [1.29, 1.82) is 0 Å². The predicted molar refractivity (Wildman–Crippen MR) is 96.4 cm³/mol. The molecular weight excluding hydrogens is 300 g/mol. The van der Waals surface area contributed by atoms with Crippen LogP contribution in [0.1, 0.15) is 24.7 Å². The van der Waals surface area contributed by atoms with Crippen molar-refractivity contribution in [2.75, 3.05) is 13.2 Å². The van der Waals surface area contributed by atoms with E-state index in [1.165, 1.54) is 0 Å². The highest BCUT2D eigenvalue weighted by molar-refractivity contribution is 5.75. The van der Waals surface area contributed by atoms with Crippen molar-refractivity contribution in [3.63, 3.8) is 0 Å². The maximum atomic E-state index is 6.01. The van der Waals surface area contributed by atoms with Crippen LogP contribution < -0.4 is 4.74 Å². The molecule has 126 valence electrons. The van der Waals surface area contributed by atoms with E-state index in [1.54, 1.807) is 0 Å². The highest BCUT2D eigenvalue weighted by atomic mass is 16.5. The molecule has 0 N–H and O–H groups in total. The number of rotatable bonds is 8. The molecule has 1 aromatic heterocycles. The number of ether oxygens (including phenoxy) is 2. The highest BCUT2D eigenvalue weighted by Crippen LogP contribution is 2.21. The van der Waals surface area contributed by atoms with Gasteiger partial charge in [-0.2, -0.15) is 0 Å². The molecule has 0 amide bonds. The zero-order valence-electron chi connectivity index (χ0n) is 14.4. The van der Waals surface area contributed by atoms with Crippen molar-refractivity contribution in [3.8, 4) is 5.75 Å². The van der Waals surface area contributed by atoms with Gasteiger partial charge >= 0.3 is 0 Å². The molecule has 3 rings (SSSR count). The second-order valence-electron chi connectivity index (χ2n) is 5.77. The second kappa shape index (κ2) is 7.97. The summed E-state index contributed by atoms with van der Waals surface area (Å²) >= 11 is 0. The number of hydrogen-bond acceptors (Lipinski definition) is 3. The Labute approximate surface area is 143 Å². The minimum Gasteiger partial charge on any atom is -0.485 e. The van der Waals surface area contributed by atoms with Gasteiger partial charge < -0.3 is 14.0 Å². The maximum absolute atomic E-state index is 6.01. The SMILES string of the molecule is CCOCCCn1c(COc2ccccc2C)nc2ccccc21. The average molecular weight is 324 g/mol. The summed E-state index contributed by atoms with van der Waals surface area (Å²) < 4.78 is 13.7. The van der Waals surface area contributed by atoms with Crippen LogP contribution in [-0.2, 0) is 17.9 Å². The van der Waals surface area contributed by atoms with Gasteiger partial charge in [0.15, 0.2) is 0 Å². The second-order valence-corrected chi connectivity index (χ2v) is 5.77. The molecule has 0 aliphatic heterocycles. The molecule has 0 aliphatic rings. The molecule has 0 aliphatic carbocycles. The minimum atomic E-state index is 0.466. The molecule has 0 radical (unpaired) electrons. The van der Waals surface area contributed by atoms with E-state index in [4.69, 9.17) is 14.5 Å². The minimum absolute atomic E-state index is 0.466. The van der Waals surface area contributed by atoms with Gasteiger partial charge in [0.1, 0.15) is 18.2 Å². The van der Waals surface area contributed by atoms with Crippen LogP contribution >= 0.6 is 0 Å². The number of benzene rings is 2. The summed E-state index contributed by atoms with van der Waals surface area (Å²) in [5.41, 5.74) is 3.30. The van der Waals surface area contributed by atoms with Gasteiger partial charge in [-0.15, -0.1) is 0 Å². The van der Waals surface area contributed by atoms with Gasteiger partial charge in [0, 0.05) is 19.8 Å². The lowest BCUT2D eigenvalue weighted by atomic mass is 10.2. The normalized spacial score (nSPS) is 11.1. The Bertz CT molecular complexity index is 795. The van der Waals surface area contributed by atoms with Crippen LogP contribution in [0, 0.1) is 6.92 Å². The zero-order valence-corrected chi connectivity index (χ0v) is 14.4. The lowest BCUT2D eigenvalue weighted by molar-refractivity contribution is 0.141. The molecule has 0 fully saturated rings. The van der Waals surface area contributed by atoms with E-state index in [0.717, 1.165) is 54.4 Å². The van der Waals surface area contributed by atoms with E-state index in [2.05, 4.69) is 29.7 Å². The molecule has 4 nitrogen and oxygen atoms in total. The zero-order chi connectivity index (χ0) is 16.8. The smallest absolute Gasteiger partial charge is 0.147 e. The van der Waals surface area contributed by atoms with Crippen molar-refractivity contribution in [1.82, 2.24) is 9.55 Å². The van der Waals surface area contributed by atoms with Crippen LogP contribution in [0.4, 0.5) is 0 Å². The number of fused-ring (bicyclic) bond motifs is 1. The Morgan fingerprint density at radius 2 is 1.83 bits per heavy atom. The van der Waals surface area contributed by atoms with Crippen LogP contribution in [-0.4, -0.2) is 22.8 Å². The topological polar surface area (TPSA) is 36.3 Å². The van der Waals surface area contributed by atoms with Crippen molar-refractivity contribution in [3.05, 3.63) is 59.9 Å².